The smallest absolute Gasteiger partial charge is 0.310 e. The van der Waals surface area contributed by atoms with Crippen LogP contribution in [-0.4, -0.2) is 12.7 Å². The Morgan fingerprint density at radius 1 is 1.16 bits per heavy atom. The molecule has 106 valence electrons. The van der Waals surface area contributed by atoms with Gasteiger partial charge in [0.25, 0.3) is 0 Å². The molecule has 2 atom stereocenters. The topological polar surface area (TPSA) is 12.0 Å². The quantitative estimate of drug-likeness (QED) is 0.769. The van der Waals surface area contributed by atoms with Gasteiger partial charge in [0.1, 0.15) is 0 Å². The van der Waals surface area contributed by atoms with Crippen LogP contribution in [0.15, 0.2) is 12.1 Å². The molecule has 1 aromatic rings. The lowest BCUT2D eigenvalue weighted by atomic mass is 9.88. The monoisotopic (exact) mass is 279 g/mol. The van der Waals surface area contributed by atoms with E-state index in [4.69, 9.17) is 0 Å². The Hall–Kier alpha value is -1.17. The molecule has 1 fully saturated rings. The molecule has 1 heterocycles. The number of rotatable bonds is 1. The summed E-state index contributed by atoms with van der Waals surface area (Å²) in [4.78, 5) is 0. The molecule has 1 aliphatic rings. The Bertz CT molecular complexity index is 469. The van der Waals surface area contributed by atoms with Crippen molar-refractivity contribution in [1.29, 1.82) is 0 Å². The molecule has 0 bridgehead atoms. The fourth-order valence-corrected chi connectivity index (χ4v) is 2.38. The SMILES string of the molecule is Cc1ccc(C2CC(C(F)(F)F)CCN2)c(F)c1F. The van der Waals surface area contributed by atoms with Gasteiger partial charge >= 0.3 is 6.18 Å². The Morgan fingerprint density at radius 2 is 1.84 bits per heavy atom. The average molecular weight is 279 g/mol. The standard InChI is InChI=1S/C13H14F5N/c1-7-2-3-9(12(15)11(7)14)10-6-8(4-5-19-10)13(16,17)18/h2-3,8,10,19H,4-6H2,1H3. The number of alkyl halides is 3. The highest BCUT2D eigenvalue weighted by molar-refractivity contribution is 5.28. The molecule has 0 spiro atoms. The first-order valence-corrected chi connectivity index (χ1v) is 6.05. The number of hydrogen-bond donors (Lipinski definition) is 1. The van der Waals surface area contributed by atoms with Gasteiger partial charge in [-0.25, -0.2) is 8.78 Å². The van der Waals surface area contributed by atoms with E-state index in [-0.39, 0.29) is 30.5 Å². The van der Waals surface area contributed by atoms with E-state index >= 15 is 0 Å². The molecule has 2 rings (SSSR count). The Morgan fingerprint density at radius 3 is 2.47 bits per heavy atom. The van der Waals surface area contributed by atoms with E-state index in [1.165, 1.54) is 19.1 Å². The second-order valence-corrected chi connectivity index (χ2v) is 4.87. The average Bonchev–Trinajstić information content (AvgIpc) is 2.35. The molecule has 1 nitrogen and oxygen atoms in total. The summed E-state index contributed by atoms with van der Waals surface area (Å²) in [6, 6.07) is 1.94. The highest BCUT2D eigenvalue weighted by Crippen LogP contribution is 2.39. The maximum atomic E-state index is 13.8. The summed E-state index contributed by atoms with van der Waals surface area (Å²) in [5, 5.41) is 2.82. The Balaban J connectivity index is 2.25. The van der Waals surface area contributed by atoms with Crippen LogP contribution in [0.5, 0.6) is 0 Å². The van der Waals surface area contributed by atoms with Crippen LogP contribution in [0.25, 0.3) is 0 Å². The zero-order valence-corrected chi connectivity index (χ0v) is 10.3. The third kappa shape index (κ3) is 2.88. The largest absolute Gasteiger partial charge is 0.391 e. The van der Waals surface area contributed by atoms with E-state index in [1.807, 2.05) is 0 Å². The predicted molar refractivity (Wildman–Crippen MR) is 60.6 cm³/mol. The normalized spacial score (nSPS) is 24.5. The summed E-state index contributed by atoms with van der Waals surface area (Å²) < 4.78 is 65.3. The number of aryl methyl sites for hydroxylation is 1. The van der Waals surface area contributed by atoms with Gasteiger partial charge in [-0.15, -0.1) is 0 Å². The molecule has 0 radical (unpaired) electrons. The third-order valence-corrected chi connectivity index (χ3v) is 3.55. The van der Waals surface area contributed by atoms with Crippen molar-refractivity contribution in [2.24, 2.45) is 5.92 Å². The lowest BCUT2D eigenvalue weighted by Crippen LogP contribution is -2.38. The van der Waals surface area contributed by atoms with E-state index in [9.17, 15) is 22.0 Å². The van der Waals surface area contributed by atoms with Gasteiger partial charge < -0.3 is 5.32 Å². The van der Waals surface area contributed by atoms with Crippen molar-refractivity contribution >= 4 is 0 Å². The minimum Gasteiger partial charge on any atom is -0.310 e. The second-order valence-electron chi connectivity index (χ2n) is 4.87. The minimum atomic E-state index is -4.29. The lowest BCUT2D eigenvalue weighted by molar-refractivity contribution is -0.183. The van der Waals surface area contributed by atoms with Crippen LogP contribution in [0.2, 0.25) is 0 Å². The van der Waals surface area contributed by atoms with E-state index in [2.05, 4.69) is 5.32 Å². The maximum Gasteiger partial charge on any atom is 0.391 e. The van der Waals surface area contributed by atoms with Crippen molar-refractivity contribution < 1.29 is 22.0 Å². The van der Waals surface area contributed by atoms with Crippen molar-refractivity contribution in [3.05, 3.63) is 34.9 Å². The van der Waals surface area contributed by atoms with Crippen molar-refractivity contribution in [1.82, 2.24) is 5.32 Å². The lowest BCUT2D eigenvalue weighted by Gasteiger charge is -2.32. The van der Waals surface area contributed by atoms with Crippen LogP contribution in [0, 0.1) is 24.5 Å². The molecule has 1 N–H and O–H groups in total. The highest BCUT2D eigenvalue weighted by Gasteiger charge is 2.42. The van der Waals surface area contributed by atoms with Crippen molar-refractivity contribution in [2.45, 2.75) is 32.0 Å². The van der Waals surface area contributed by atoms with Crippen molar-refractivity contribution in [3.8, 4) is 0 Å². The third-order valence-electron chi connectivity index (χ3n) is 3.55. The molecule has 1 aromatic carbocycles. The molecule has 0 saturated carbocycles. The molecule has 0 aromatic heterocycles. The van der Waals surface area contributed by atoms with E-state index in [0.717, 1.165) is 0 Å². The van der Waals surface area contributed by atoms with E-state index < -0.39 is 29.8 Å². The first kappa shape index (κ1) is 14.2. The minimum absolute atomic E-state index is 0.0305. The van der Waals surface area contributed by atoms with Gasteiger partial charge in [0.05, 0.1) is 5.92 Å². The van der Waals surface area contributed by atoms with E-state index in [0.29, 0.717) is 0 Å². The van der Waals surface area contributed by atoms with Crippen molar-refractivity contribution in [2.75, 3.05) is 6.54 Å². The molecular formula is C13H14F5N. The van der Waals surface area contributed by atoms with Crippen LogP contribution in [0.4, 0.5) is 22.0 Å². The summed E-state index contributed by atoms with van der Waals surface area (Å²) in [6.45, 7) is 1.55. The van der Waals surface area contributed by atoms with Gasteiger partial charge in [-0.2, -0.15) is 13.2 Å². The van der Waals surface area contributed by atoms with Gasteiger partial charge in [0, 0.05) is 11.6 Å². The highest BCUT2D eigenvalue weighted by atomic mass is 19.4. The van der Waals surface area contributed by atoms with Gasteiger partial charge in [0.15, 0.2) is 11.6 Å². The summed E-state index contributed by atoms with van der Waals surface area (Å²) in [5.41, 5.74) is 0.112. The second kappa shape index (κ2) is 5.07. The van der Waals surface area contributed by atoms with E-state index in [1.54, 1.807) is 0 Å². The Labute approximate surface area is 107 Å². The number of benzene rings is 1. The van der Waals surface area contributed by atoms with Gasteiger partial charge in [-0.1, -0.05) is 12.1 Å². The van der Waals surface area contributed by atoms with Crippen molar-refractivity contribution in [3.63, 3.8) is 0 Å². The molecule has 0 aliphatic carbocycles. The van der Waals surface area contributed by atoms with Crippen LogP contribution in [0.1, 0.15) is 30.0 Å². The molecule has 6 heteroatoms. The zero-order chi connectivity index (χ0) is 14.2. The summed E-state index contributed by atoms with van der Waals surface area (Å²) in [6.07, 6.45) is -4.58. The molecule has 2 unspecified atom stereocenters. The molecule has 1 saturated heterocycles. The summed E-state index contributed by atoms with van der Waals surface area (Å²) in [7, 11) is 0. The van der Waals surface area contributed by atoms with Gasteiger partial charge in [-0.05, 0) is 31.9 Å². The molecule has 19 heavy (non-hydrogen) atoms. The van der Waals surface area contributed by atoms with Gasteiger partial charge in [0.2, 0.25) is 0 Å². The summed E-state index contributed by atoms with van der Waals surface area (Å²) >= 11 is 0. The Kier molecular flexibility index (Phi) is 3.80. The fourth-order valence-electron chi connectivity index (χ4n) is 2.38. The number of piperidine rings is 1. The van der Waals surface area contributed by atoms with Crippen LogP contribution in [-0.2, 0) is 0 Å². The molecule has 0 amide bonds. The zero-order valence-electron chi connectivity index (χ0n) is 10.3. The number of nitrogens with one attached hydrogen (secondary N) is 1. The fraction of sp³-hybridized carbons (Fsp3) is 0.538. The van der Waals surface area contributed by atoms with Crippen LogP contribution in [0.3, 0.4) is 0 Å². The summed E-state index contributed by atoms with van der Waals surface area (Å²) in [5.74, 6) is -3.52. The first-order valence-electron chi connectivity index (χ1n) is 6.05. The number of halogens is 5. The van der Waals surface area contributed by atoms with Crippen LogP contribution >= 0.6 is 0 Å². The first-order chi connectivity index (χ1) is 8.80. The number of hydrogen-bond acceptors (Lipinski definition) is 1. The molecular weight excluding hydrogens is 265 g/mol. The molecule has 1 aliphatic heterocycles. The maximum absolute atomic E-state index is 13.8. The van der Waals surface area contributed by atoms with Gasteiger partial charge in [-0.3, -0.25) is 0 Å². The van der Waals surface area contributed by atoms with Crippen LogP contribution < -0.4 is 5.32 Å². The predicted octanol–water partition coefficient (Wildman–Crippen LogP) is 3.88.